The van der Waals surface area contributed by atoms with Crippen LogP contribution in [-0.2, 0) is 23.9 Å². The van der Waals surface area contributed by atoms with Gasteiger partial charge in [-0.3, -0.25) is 14.4 Å². The fourth-order valence-electron chi connectivity index (χ4n) is 12.7. The third-order valence-electron chi connectivity index (χ3n) is 14.2. The van der Waals surface area contributed by atoms with E-state index in [1.165, 1.54) is 0 Å². The minimum absolute atomic E-state index is 0.0623. The minimum Gasteiger partial charge on any atom is -0.481 e. The number of esters is 2. The van der Waals surface area contributed by atoms with Gasteiger partial charge in [-0.2, -0.15) is 39.5 Å². The summed E-state index contributed by atoms with van der Waals surface area (Å²) in [5, 5.41) is 9.58. The van der Waals surface area contributed by atoms with E-state index in [0.717, 1.165) is 25.3 Å². The molecule has 6 nitrogen and oxygen atoms in total. The molecule has 15 heteroatoms. The Balaban J connectivity index is 1.06. The average molecular weight is 685 g/mol. The number of carboxylic acid groups (broad SMARTS) is 1. The van der Waals surface area contributed by atoms with E-state index in [-0.39, 0.29) is 49.4 Å². The molecule has 7 saturated carbocycles. The zero-order valence-electron chi connectivity index (χ0n) is 24.9. The van der Waals surface area contributed by atoms with Gasteiger partial charge in [-0.15, -0.1) is 0 Å². The van der Waals surface area contributed by atoms with Crippen LogP contribution in [0.2, 0.25) is 0 Å². The van der Waals surface area contributed by atoms with Crippen LogP contribution in [0.5, 0.6) is 0 Å². The second kappa shape index (κ2) is 9.39. The van der Waals surface area contributed by atoms with E-state index in [9.17, 15) is 59.0 Å². The molecule has 0 aliphatic heterocycles. The Bertz CT molecular complexity index is 1450. The van der Waals surface area contributed by atoms with E-state index in [2.05, 4.69) is 0 Å². The predicted molar refractivity (Wildman–Crippen MR) is 138 cm³/mol. The highest BCUT2D eigenvalue weighted by Crippen LogP contribution is 2.75. The average Bonchev–Trinajstić information content (AvgIpc) is 3.80. The highest BCUT2D eigenvalue weighted by atomic mass is 19.4. The van der Waals surface area contributed by atoms with E-state index in [1.807, 2.05) is 0 Å². The van der Waals surface area contributed by atoms with Crippen LogP contribution in [-0.4, -0.2) is 47.6 Å². The first kappa shape index (κ1) is 31.8. The molecule has 7 fully saturated rings. The largest absolute Gasteiger partial charge is 0.481 e. The van der Waals surface area contributed by atoms with Crippen LogP contribution < -0.4 is 0 Å². The Kier molecular flexibility index (Phi) is 6.35. The molecule has 8 aliphatic rings. The molecule has 8 bridgehead atoms. The molecule has 0 heterocycles. The van der Waals surface area contributed by atoms with Crippen LogP contribution in [0, 0.1) is 75.4 Å². The standard InChI is InChI=1S/C32H33F9O6/c33-30(34,35)27(24(42)43)9-12-3-17(27)20(5-12)46-25(44)28(31(36,37)38)10-13-4-18(28)21(6-13)47-26(45)29(32(39,40)41)11-16-8-19(29)23-15-2-1-14(7-15)22(16)23/h6,12-20,22-23H,1-5,7-11H2,(H,42,43). The maximum Gasteiger partial charge on any atom is 0.405 e. The summed E-state index contributed by atoms with van der Waals surface area (Å²) in [5.41, 5.74) is -9.55. The summed E-state index contributed by atoms with van der Waals surface area (Å²) in [6.45, 7) is 0. The van der Waals surface area contributed by atoms with Crippen molar-refractivity contribution in [1.82, 2.24) is 0 Å². The molecule has 8 aliphatic carbocycles. The van der Waals surface area contributed by atoms with Gasteiger partial charge in [0.2, 0.25) is 0 Å². The SMILES string of the molecule is O=C(OC1CC2CC1C(C(=O)O)(C(F)(F)F)C2)C1(C(F)(F)F)CC2C=C(OC(=O)C3(C(F)(F)F)CC4CC3C3C5CCC(C5)C43)C1C2. The Morgan fingerprint density at radius 1 is 0.681 bits per heavy atom. The van der Waals surface area contributed by atoms with E-state index in [1.54, 1.807) is 0 Å². The molecule has 14 atom stereocenters. The van der Waals surface area contributed by atoms with Crippen LogP contribution >= 0.6 is 0 Å². The molecule has 0 aromatic heterocycles. The van der Waals surface area contributed by atoms with E-state index < -0.39 is 113 Å². The maximum atomic E-state index is 15.0. The lowest BCUT2D eigenvalue weighted by Crippen LogP contribution is -2.56. The zero-order valence-corrected chi connectivity index (χ0v) is 24.9. The van der Waals surface area contributed by atoms with Gasteiger partial charge in [-0.1, -0.05) is 0 Å². The number of fused-ring (bicyclic) bond motifs is 13. The Hall–Kier alpha value is -2.48. The topological polar surface area (TPSA) is 89.9 Å². The van der Waals surface area contributed by atoms with Crippen molar-refractivity contribution in [3.8, 4) is 0 Å². The summed E-state index contributed by atoms with van der Waals surface area (Å²) in [6, 6.07) is 0. The van der Waals surface area contributed by atoms with Gasteiger partial charge in [-0.25, -0.2) is 0 Å². The van der Waals surface area contributed by atoms with Crippen molar-refractivity contribution in [2.75, 3.05) is 0 Å². The van der Waals surface area contributed by atoms with Gasteiger partial charge in [-0.05, 0) is 118 Å². The van der Waals surface area contributed by atoms with E-state index in [4.69, 9.17) is 9.47 Å². The second-order valence-corrected chi connectivity index (χ2v) is 15.8. The zero-order chi connectivity index (χ0) is 33.9. The molecule has 1 N–H and O–H groups in total. The fourth-order valence-corrected chi connectivity index (χ4v) is 12.7. The lowest BCUT2D eigenvalue weighted by Gasteiger charge is -2.46. The van der Waals surface area contributed by atoms with Crippen molar-refractivity contribution in [2.24, 2.45) is 75.4 Å². The molecule has 14 unspecified atom stereocenters. The first-order valence-electron chi connectivity index (χ1n) is 16.3. The second-order valence-electron chi connectivity index (χ2n) is 15.8. The van der Waals surface area contributed by atoms with Gasteiger partial charge in [0.1, 0.15) is 11.9 Å². The van der Waals surface area contributed by atoms with Gasteiger partial charge >= 0.3 is 36.4 Å². The number of allylic oxidation sites excluding steroid dienone is 2. The Morgan fingerprint density at radius 2 is 1.32 bits per heavy atom. The van der Waals surface area contributed by atoms with Gasteiger partial charge in [0.25, 0.3) is 0 Å². The molecule has 8 rings (SSSR count). The van der Waals surface area contributed by atoms with Crippen LogP contribution in [0.3, 0.4) is 0 Å². The van der Waals surface area contributed by atoms with Gasteiger partial charge in [0.05, 0.1) is 0 Å². The molecule has 0 amide bonds. The first-order valence-corrected chi connectivity index (χ1v) is 16.3. The number of alkyl halides is 9. The normalized spacial score (nSPS) is 49.0. The van der Waals surface area contributed by atoms with Crippen molar-refractivity contribution in [3.63, 3.8) is 0 Å². The predicted octanol–water partition coefficient (Wildman–Crippen LogP) is 7.23. The van der Waals surface area contributed by atoms with Crippen LogP contribution in [0.15, 0.2) is 11.8 Å². The number of carboxylic acids is 1. The van der Waals surface area contributed by atoms with Gasteiger partial charge in [0, 0.05) is 11.8 Å². The third-order valence-corrected chi connectivity index (χ3v) is 14.2. The molecule has 0 aromatic rings. The quantitative estimate of drug-likeness (QED) is 0.187. The molecule has 0 radical (unpaired) electrons. The Morgan fingerprint density at radius 3 is 1.89 bits per heavy atom. The summed E-state index contributed by atoms with van der Waals surface area (Å²) in [6.07, 6.45) is -16.6. The maximum absolute atomic E-state index is 15.0. The molecule has 0 spiro atoms. The smallest absolute Gasteiger partial charge is 0.405 e. The minimum atomic E-state index is -5.37. The third kappa shape index (κ3) is 3.80. The summed E-state index contributed by atoms with van der Waals surface area (Å²) >= 11 is 0. The molecule has 47 heavy (non-hydrogen) atoms. The number of ether oxygens (including phenoxy) is 2. The van der Waals surface area contributed by atoms with E-state index >= 15 is 0 Å². The van der Waals surface area contributed by atoms with Gasteiger partial charge < -0.3 is 14.6 Å². The number of hydrogen-bond donors (Lipinski definition) is 1. The number of rotatable bonds is 5. The van der Waals surface area contributed by atoms with Crippen LogP contribution in [0.4, 0.5) is 39.5 Å². The summed E-state index contributed by atoms with van der Waals surface area (Å²) in [7, 11) is 0. The highest BCUT2D eigenvalue weighted by molar-refractivity contribution is 5.83. The van der Waals surface area contributed by atoms with Crippen molar-refractivity contribution in [2.45, 2.75) is 88.8 Å². The van der Waals surface area contributed by atoms with Crippen molar-refractivity contribution in [1.29, 1.82) is 0 Å². The molecule has 0 saturated heterocycles. The molecular formula is C32H33F9O6. The van der Waals surface area contributed by atoms with E-state index in [0.29, 0.717) is 5.92 Å². The lowest BCUT2D eigenvalue weighted by atomic mass is 9.60. The number of carbonyl (C=O) groups is 3. The van der Waals surface area contributed by atoms with Gasteiger partial charge in [0.15, 0.2) is 16.2 Å². The lowest BCUT2D eigenvalue weighted by molar-refractivity contribution is -0.267. The summed E-state index contributed by atoms with van der Waals surface area (Å²) in [5.74, 6) is -13.3. The van der Waals surface area contributed by atoms with Crippen molar-refractivity contribution < 1.29 is 68.5 Å². The number of halogens is 9. The first-order chi connectivity index (χ1) is 21.8. The summed E-state index contributed by atoms with van der Waals surface area (Å²) in [4.78, 5) is 39.2. The Labute approximate surface area is 262 Å². The molecule has 0 aromatic carbocycles. The molecule has 260 valence electrons. The number of aliphatic carboxylic acids is 1. The molecular weight excluding hydrogens is 651 g/mol. The van der Waals surface area contributed by atoms with Crippen molar-refractivity contribution >= 4 is 17.9 Å². The monoisotopic (exact) mass is 684 g/mol. The number of hydrogen-bond acceptors (Lipinski definition) is 5. The summed E-state index contributed by atoms with van der Waals surface area (Å²) < 4.78 is 143. The fraction of sp³-hybridized carbons (Fsp3) is 0.844. The van der Waals surface area contributed by atoms with Crippen LogP contribution in [0.1, 0.15) is 64.2 Å². The van der Waals surface area contributed by atoms with Crippen LogP contribution in [0.25, 0.3) is 0 Å². The number of carbonyl (C=O) groups excluding carboxylic acids is 2. The van der Waals surface area contributed by atoms with Crippen molar-refractivity contribution in [3.05, 3.63) is 11.8 Å². The highest BCUT2D eigenvalue weighted by Gasteiger charge is 2.79.